The smallest absolute Gasteiger partial charge is 0.231 e. The molecule has 4 nitrogen and oxygen atoms in total. The number of halogens is 1. The van der Waals surface area contributed by atoms with Crippen LogP contribution in [-0.2, 0) is 0 Å². The summed E-state index contributed by atoms with van der Waals surface area (Å²) >= 11 is 5.85. The molecule has 0 spiro atoms. The summed E-state index contributed by atoms with van der Waals surface area (Å²) in [6.45, 7) is 4.10. The second kappa shape index (κ2) is 4.71. The van der Waals surface area contributed by atoms with Crippen LogP contribution in [0.3, 0.4) is 0 Å². The van der Waals surface area contributed by atoms with Crippen LogP contribution in [0.15, 0.2) is 28.8 Å². The highest BCUT2D eigenvalue weighted by Crippen LogP contribution is 2.28. The summed E-state index contributed by atoms with van der Waals surface area (Å²) in [6, 6.07) is 7.44. The third-order valence-corrected chi connectivity index (χ3v) is 3.63. The summed E-state index contributed by atoms with van der Waals surface area (Å²) in [5.74, 6) is 2.19. The van der Waals surface area contributed by atoms with Crippen molar-refractivity contribution in [3.05, 3.63) is 35.2 Å². The SMILES string of the molecule is C[C@@H]1CNC[C@H]1c1nc(-c2ccc(Cl)cc2)no1. The fourth-order valence-corrected chi connectivity index (χ4v) is 2.37. The Bertz CT molecular complexity index is 537. The summed E-state index contributed by atoms with van der Waals surface area (Å²) in [4.78, 5) is 4.48. The molecule has 5 heteroatoms. The first-order valence-corrected chi connectivity index (χ1v) is 6.42. The van der Waals surface area contributed by atoms with E-state index >= 15 is 0 Å². The van der Waals surface area contributed by atoms with E-state index in [4.69, 9.17) is 16.1 Å². The quantitative estimate of drug-likeness (QED) is 0.905. The van der Waals surface area contributed by atoms with Crippen LogP contribution in [0.4, 0.5) is 0 Å². The zero-order valence-corrected chi connectivity index (χ0v) is 10.8. The Kier molecular flexibility index (Phi) is 3.06. The predicted molar refractivity (Wildman–Crippen MR) is 69.5 cm³/mol. The summed E-state index contributed by atoms with van der Waals surface area (Å²) < 4.78 is 5.37. The van der Waals surface area contributed by atoms with Crippen LogP contribution in [0.5, 0.6) is 0 Å². The molecule has 0 saturated carbocycles. The number of rotatable bonds is 2. The third-order valence-electron chi connectivity index (χ3n) is 3.38. The van der Waals surface area contributed by atoms with Gasteiger partial charge in [-0.3, -0.25) is 0 Å². The Balaban J connectivity index is 1.87. The number of benzene rings is 1. The summed E-state index contributed by atoms with van der Waals surface area (Å²) in [6.07, 6.45) is 0. The fraction of sp³-hybridized carbons (Fsp3) is 0.385. The average molecular weight is 264 g/mol. The summed E-state index contributed by atoms with van der Waals surface area (Å²) in [5.41, 5.74) is 0.924. The Morgan fingerprint density at radius 1 is 1.28 bits per heavy atom. The standard InChI is InChI=1S/C13H14ClN3O/c1-8-6-15-7-11(8)13-16-12(17-18-13)9-2-4-10(14)5-3-9/h2-5,8,11,15H,6-7H2,1H3/t8-,11-/m1/s1. The molecular weight excluding hydrogens is 250 g/mol. The second-order valence-electron chi connectivity index (χ2n) is 4.71. The molecule has 2 aromatic rings. The van der Waals surface area contributed by atoms with Gasteiger partial charge >= 0.3 is 0 Å². The highest BCUT2D eigenvalue weighted by Gasteiger charge is 2.29. The minimum Gasteiger partial charge on any atom is -0.339 e. The van der Waals surface area contributed by atoms with Crippen molar-refractivity contribution in [3.63, 3.8) is 0 Å². The zero-order valence-electron chi connectivity index (χ0n) is 10.1. The van der Waals surface area contributed by atoms with Crippen LogP contribution in [-0.4, -0.2) is 23.2 Å². The van der Waals surface area contributed by atoms with Gasteiger partial charge in [0.05, 0.1) is 5.92 Å². The van der Waals surface area contributed by atoms with Gasteiger partial charge in [0.15, 0.2) is 0 Å². The minimum atomic E-state index is 0.318. The van der Waals surface area contributed by atoms with E-state index in [0.717, 1.165) is 24.5 Å². The van der Waals surface area contributed by atoms with Crippen molar-refractivity contribution in [1.29, 1.82) is 0 Å². The van der Waals surface area contributed by atoms with Gasteiger partial charge in [-0.15, -0.1) is 0 Å². The Hall–Kier alpha value is -1.39. The van der Waals surface area contributed by atoms with E-state index in [1.807, 2.05) is 24.3 Å². The Morgan fingerprint density at radius 2 is 2.06 bits per heavy atom. The molecule has 0 radical (unpaired) electrons. The molecule has 1 fully saturated rings. The molecule has 1 saturated heterocycles. The largest absolute Gasteiger partial charge is 0.339 e. The van der Waals surface area contributed by atoms with Crippen molar-refractivity contribution in [2.24, 2.45) is 5.92 Å². The molecule has 0 aliphatic carbocycles. The Labute approximate surface area is 110 Å². The third kappa shape index (κ3) is 2.13. The van der Waals surface area contributed by atoms with Gasteiger partial charge in [-0.05, 0) is 36.7 Å². The van der Waals surface area contributed by atoms with Crippen molar-refractivity contribution >= 4 is 11.6 Å². The van der Waals surface area contributed by atoms with E-state index in [1.54, 1.807) is 0 Å². The van der Waals surface area contributed by atoms with Gasteiger partial charge in [-0.25, -0.2) is 0 Å². The lowest BCUT2D eigenvalue weighted by atomic mass is 9.98. The van der Waals surface area contributed by atoms with E-state index in [1.165, 1.54) is 0 Å². The van der Waals surface area contributed by atoms with E-state index in [0.29, 0.717) is 22.7 Å². The minimum absolute atomic E-state index is 0.318. The summed E-state index contributed by atoms with van der Waals surface area (Å²) in [7, 11) is 0. The number of hydrogen-bond donors (Lipinski definition) is 1. The maximum absolute atomic E-state index is 5.85. The van der Waals surface area contributed by atoms with Crippen molar-refractivity contribution in [2.75, 3.05) is 13.1 Å². The Morgan fingerprint density at radius 3 is 2.72 bits per heavy atom. The van der Waals surface area contributed by atoms with Crippen LogP contribution < -0.4 is 5.32 Å². The average Bonchev–Trinajstić information content (AvgIpc) is 2.98. The number of nitrogens with zero attached hydrogens (tertiary/aromatic N) is 2. The second-order valence-corrected chi connectivity index (χ2v) is 5.14. The number of hydrogen-bond acceptors (Lipinski definition) is 4. The maximum Gasteiger partial charge on any atom is 0.231 e. The first-order valence-electron chi connectivity index (χ1n) is 6.04. The number of nitrogens with one attached hydrogen (secondary N) is 1. The normalized spacial score (nSPS) is 23.4. The maximum atomic E-state index is 5.85. The molecule has 1 aromatic heterocycles. The molecule has 1 aliphatic heterocycles. The van der Waals surface area contributed by atoms with Crippen LogP contribution in [0.25, 0.3) is 11.4 Å². The molecule has 2 atom stereocenters. The molecule has 1 aliphatic rings. The molecule has 1 N–H and O–H groups in total. The first-order chi connectivity index (χ1) is 8.74. The van der Waals surface area contributed by atoms with E-state index < -0.39 is 0 Å². The lowest BCUT2D eigenvalue weighted by Gasteiger charge is -2.07. The van der Waals surface area contributed by atoms with Gasteiger partial charge in [0, 0.05) is 17.1 Å². The van der Waals surface area contributed by atoms with Crippen LogP contribution in [0, 0.1) is 5.92 Å². The van der Waals surface area contributed by atoms with E-state index in [9.17, 15) is 0 Å². The first kappa shape index (κ1) is 11.7. The summed E-state index contributed by atoms with van der Waals surface area (Å²) in [5, 5.41) is 8.07. The molecular formula is C13H14ClN3O. The number of aromatic nitrogens is 2. The van der Waals surface area contributed by atoms with Gasteiger partial charge in [-0.2, -0.15) is 4.98 Å². The van der Waals surface area contributed by atoms with Crippen molar-refractivity contribution in [1.82, 2.24) is 15.5 Å². The molecule has 0 bridgehead atoms. The molecule has 3 rings (SSSR count). The topological polar surface area (TPSA) is 51.0 Å². The lowest BCUT2D eigenvalue weighted by Crippen LogP contribution is -2.08. The van der Waals surface area contributed by atoms with Crippen molar-refractivity contribution < 1.29 is 4.52 Å². The lowest BCUT2D eigenvalue weighted by molar-refractivity contribution is 0.340. The van der Waals surface area contributed by atoms with Crippen molar-refractivity contribution in [3.8, 4) is 11.4 Å². The van der Waals surface area contributed by atoms with Gasteiger partial charge in [0.2, 0.25) is 11.7 Å². The molecule has 94 valence electrons. The van der Waals surface area contributed by atoms with E-state index in [2.05, 4.69) is 22.4 Å². The van der Waals surface area contributed by atoms with Crippen LogP contribution in [0.1, 0.15) is 18.7 Å². The van der Waals surface area contributed by atoms with Gasteiger partial charge in [0.25, 0.3) is 0 Å². The van der Waals surface area contributed by atoms with E-state index in [-0.39, 0.29) is 0 Å². The van der Waals surface area contributed by atoms with Crippen molar-refractivity contribution in [2.45, 2.75) is 12.8 Å². The van der Waals surface area contributed by atoms with Gasteiger partial charge in [0.1, 0.15) is 0 Å². The molecule has 1 aromatic carbocycles. The highest BCUT2D eigenvalue weighted by atomic mass is 35.5. The predicted octanol–water partition coefficient (Wildman–Crippen LogP) is 2.71. The zero-order chi connectivity index (χ0) is 12.5. The molecule has 18 heavy (non-hydrogen) atoms. The van der Waals surface area contributed by atoms with Gasteiger partial charge in [-0.1, -0.05) is 23.7 Å². The fourth-order valence-electron chi connectivity index (χ4n) is 2.24. The molecule has 2 heterocycles. The molecule has 0 unspecified atom stereocenters. The van der Waals surface area contributed by atoms with Crippen LogP contribution >= 0.6 is 11.6 Å². The van der Waals surface area contributed by atoms with Gasteiger partial charge < -0.3 is 9.84 Å². The molecule has 0 amide bonds. The monoisotopic (exact) mass is 263 g/mol. The highest BCUT2D eigenvalue weighted by molar-refractivity contribution is 6.30. The van der Waals surface area contributed by atoms with Crippen LogP contribution in [0.2, 0.25) is 5.02 Å².